The van der Waals surface area contributed by atoms with Gasteiger partial charge in [0.1, 0.15) is 6.10 Å². The van der Waals surface area contributed by atoms with Crippen LogP contribution in [0.5, 0.6) is 0 Å². The van der Waals surface area contributed by atoms with Crippen LogP contribution < -0.4 is 0 Å². The Balaban J connectivity index is 1.89. The summed E-state index contributed by atoms with van der Waals surface area (Å²) in [6.07, 6.45) is 0.830. The molecule has 1 aliphatic rings. The smallest absolute Gasteiger partial charge is 0.193 e. The highest BCUT2D eigenvalue weighted by Crippen LogP contribution is 2.32. The number of hydrogen-bond acceptors (Lipinski definition) is 2. The van der Waals surface area contributed by atoms with Crippen LogP contribution in [-0.2, 0) is 11.2 Å². The summed E-state index contributed by atoms with van der Waals surface area (Å²) in [5.41, 5.74) is 3.42. The van der Waals surface area contributed by atoms with Crippen LogP contribution in [0.3, 0.4) is 0 Å². The molecule has 0 spiro atoms. The highest BCUT2D eigenvalue weighted by atomic mass is 16.5. The lowest BCUT2D eigenvalue weighted by molar-refractivity contribution is 0.203. The molecule has 3 rings (SSSR count). The largest absolute Gasteiger partial charge is 0.473 e. The molecule has 2 nitrogen and oxygen atoms in total. The minimum Gasteiger partial charge on any atom is -0.473 e. The summed E-state index contributed by atoms with van der Waals surface area (Å²) < 4.78 is 5.87. The van der Waals surface area contributed by atoms with Crippen molar-refractivity contribution in [2.45, 2.75) is 19.4 Å². The van der Waals surface area contributed by atoms with Crippen LogP contribution in [0.4, 0.5) is 5.69 Å². The molecule has 0 aliphatic carbocycles. The second-order valence-corrected chi connectivity index (χ2v) is 4.49. The molecular weight excluding hydrogens is 222 g/mol. The normalized spacial score (nSPS) is 17.6. The summed E-state index contributed by atoms with van der Waals surface area (Å²) >= 11 is 0. The highest BCUT2D eigenvalue weighted by Gasteiger charge is 2.19. The lowest BCUT2D eigenvalue weighted by Crippen LogP contribution is -2.15. The Kier molecular flexibility index (Phi) is 2.85. The van der Waals surface area contributed by atoms with Crippen LogP contribution in [-0.4, -0.2) is 5.90 Å². The Bertz CT molecular complexity index is 575. The number of fused-ring (bicyclic) bond motifs is 1. The van der Waals surface area contributed by atoms with E-state index in [9.17, 15) is 0 Å². The summed E-state index contributed by atoms with van der Waals surface area (Å²) in [4.78, 5) is 4.59. The quantitative estimate of drug-likeness (QED) is 0.772. The molecule has 0 fully saturated rings. The highest BCUT2D eigenvalue weighted by molar-refractivity contribution is 5.83. The van der Waals surface area contributed by atoms with Crippen molar-refractivity contribution >= 4 is 11.6 Å². The van der Waals surface area contributed by atoms with E-state index in [-0.39, 0.29) is 6.10 Å². The summed E-state index contributed by atoms with van der Waals surface area (Å²) in [7, 11) is 0. The van der Waals surface area contributed by atoms with Crippen LogP contribution in [0.2, 0.25) is 0 Å². The van der Waals surface area contributed by atoms with Crippen molar-refractivity contribution in [1.82, 2.24) is 0 Å². The molecule has 90 valence electrons. The lowest BCUT2D eigenvalue weighted by Gasteiger charge is -2.23. The summed E-state index contributed by atoms with van der Waals surface area (Å²) in [5.74, 6) is 0.799. The van der Waals surface area contributed by atoms with Crippen molar-refractivity contribution in [3.63, 3.8) is 0 Å². The number of rotatable bonds is 2. The van der Waals surface area contributed by atoms with Crippen LogP contribution in [0.25, 0.3) is 0 Å². The first kappa shape index (κ1) is 11.0. The molecule has 0 saturated heterocycles. The van der Waals surface area contributed by atoms with Crippen LogP contribution in [0.1, 0.15) is 24.2 Å². The monoisotopic (exact) mass is 237 g/mol. The van der Waals surface area contributed by atoms with Gasteiger partial charge >= 0.3 is 0 Å². The Morgan fingerprint density at radius 1 is 1.00 bits per heavy atom. The molecule has 2 heteroatoms. The zero-order valence-corrected chi connectivity index (χ0v) is 10.3. The average molecular weight is 237 g/mol. The van der Waals surface area contributed by atoms with Gasteiger partial charge in [-0.05, 0) is 18.6 Å². The van der Waals surface area contributed by atoms with E-state index in [1.54, 1.807) is 0 Å². The molecule has 1 aliphatic heterocycles. The van der Waals surface area contributed by atoms with Gasteiger partial charge in [0.25, 0.3) is 0 Å². The first-order chi connectivity index (χ1) is 8.83. The summed E-state index contributed by atoms with van der Waals surface area (Å²) in [6.45, 7) is 2.07. The molecule has 1 unspecified atom stereocenters. The predicted molar refractivity (Wildman–Crippen MR) is 73.2 cm³/mol. The van der Waals surface area contributed by atoms with Gasteiger partial charge in [0, 0.05) is 12.0 Å². The second kappa shape index (κ2) is 4.65. The van der Waals surface area contributed by atoms with Gasteiger partial charge < -0.3 is 4.74 Å². The molecule has 1 heterocycles. The fourth-order valence-corrected chi connectivity index (χ4v) is 2.21. The Morgan fingerprint density at radius 3 is 2.56 bits per heavy atom. The predicted octanol–water partition coefficient (Wildman–Crippen LogP) is 4.05. The minimum atomic E-state index is 0.0809. The zero-order chi connectivity index (χ0) is 12.4. The van der Waals surface area contributed by atoms with E-state index in [2.05, 4.69) is 30.1 Å². The van der Waals surface area contributed by atoms with Crippen LogP contribution in [0.15, 0.2) is 59.6 Å². The molecule has 0 aromatic heterocycles. The maximum Gasteiger partial charge on any atom is 0.193 e. The van der Waals surface area contributed by atoms with E-state index < -0.39 is 0 Å². The van der Waals surface area contributed by atoms with E-state index in [4.69, 9.17) is 4.74 Å². The molecule has 0 radical (unpaired) electrons. The van der Waals surface area contributed by atoms with Crippen molar-refractivity contribution in [1.29, 1.82) is 0 Å². The average Bonchev–Trinajstić information content (AvgIpc) is 2.40. The van der Waals surface area contributed by atoms with Gasteiger partial charge in [-0.25, -0.2) is 4.99 Å². The number of aliphatic imine (C=N–C) groups is 1. The van der Waals surface area contributed by atoms with Crippen LogP contribution in [0, 0.1) is 0 Å². The van der Waals surface area contributed by atoms with Gasteiger partial charge in [0.05, 0.1) is 5.69 Å². The number of para-hydroxylation sites is 1. The Hall–Kier alpha value is -2.09. The van der Waals surface area contributed by atoms with Crippen molar-refractivity contribution in [3.05, 3.63) is 65.7 Å². The molecule has 0 bridgehead atoms. The van der Waals surface area contributed by atoms with E-state index in [1.165, 1.54) is 5.56 Å². The van der Waals surface area contributed by atoms with Crippen molar-refractivity contribution in [2.24, 2.45) is 4.99 Å². The molecule has 0 amide bonds. The third-order valence-electron chi connectivity index (χ3n) is 3.13. The molecule has 0 N–H and O–H groups in total. The first-order valence-electron chi connectivity index (χ1n) is 6.20. The van der Waals surface area contributed by atoms with Crippen LogP contribution >= 0.6 is 0 Å². The lowest BCUT2D eigenvalue weighted by atomic mass is 10.1. The van der Waals surface area contributed by atoms with Crippen molar-refractivity contribution in [3.8, 4) is 0 Å². The zero-order valence-electron chi connectivity index (χ0n) is 10.3. The Labute approximate surface area is 107 Å². The first-order valence-corrected chi connectivity index (χ1v) is 6.20. The molecule has 18 heavy (non-hydrogen) atoms. The van der Waals surface area contributed by atoms with E-state index >= 15 is 0 Å². The maximum atomic E-state index is 5.87. The van der Waals surface area contributed by atoms with Crippen molar-refractivity contribution in [2.75, 3.05) is 0 Å². The summed E-state index contributed by atoms with van der Waals surface area (Å²) in [5, 5.41) is 0. The fourth-order valence-electron chi connectivity index (χ4n) is 2.21. The van der Waals surface area contributed by atoms with Gasteiger partial charge in [-0.3, -0.25) is 0 Å². The van der Waals surface area contributed by atoms with Gasteiger partial charge in [0.2, 0.25) is 0 Å². The van der Waals surface area contributed by atoms with Crippen molar-refractivity contribution < 1.29 is 4.74 Å². The summed E-state index contributed by atoms with van der Waals surface area (Å²) in [6, 6.07) is 18.4. The number of ether oxygens (including phenoxy) is 1. The standard InChI is InChI=1S/C16H15NO/c1-12-14-9-5-6-10-15(14)17-16(18-12)11-13-7-3-2-4-8-13/h2-10,12H,11H2,1H3. The molecule has 2 aromatic rings. The van der Waals surface area contributed by atoms with E-state index in [0.717, 1.165) is 23.6 Å². The number of nitrogens with zero attached hydrogens (tertiary/aromatic N) is 1. The van der Waals surface area contributed by atoms with Gasteiger partial charge in [-0.2, -0.15) is 0 Å². The molecule has 2 aromatic carbocycles. The minimum absolute atomic E-state index is 0.0809. The maximum absolute atomic E-state index is 5.87. The third-order valence-corrected chi connectivity index (χ3v) is 3.13. The molecule has 0 saturated carbocycles. The SMILES string of the molecule is CC1OC(Cc2ccccc2)=Nc2ccccc21. The fraction of sp³-hybridized carbons (Fsp3) is 0.188. The topological polar surface area (TPSA) is 21.6 Å². The number of benzene rings is 2. The Morgan fingerprint density at radius 2 is 1.72 bits per heavy atom. The second-order valence-electron chi connectivity index (χ2n) is 4.49. The third kappa shape index (κ3) is 2.14. The number of hydrogen-bond donors (Lipinski definition) is 0. The van der Waals surface area contributed by atoms with Gasteiger partial charge in [0.15, 0.2) is 5.90 Å². The molecule has 1 atom stereocenters. The van der Waals surface area contributed by atoms with E-state index in [0.29, 0.717) is 0 Å². The molecular formula is C16H15NO. The van der Waals surface area contributed by atoms with Gasteiger partial charge in [-0.1, -0.05) is 48.5 Å². The van der Waals surface area contributed by atoms with Gasteiger partial charge in [-0.15, -0.1) is 0 Å². The van der Waals surface area contributed by atoms with E-state index in [1.807, 2.05) is 36.4 Å².